The maximum absolute atomic E-state index is 12.2. The molecule has 0 aliphatic carbocycles. The maximum Gasteiger partial charge on any atom is 0.322 e. The van der Waals surface area contributed by atoms with E-state index in [0.717, 1.165) is 24.9 Å². The van der Waals surface area contributed by atoms with E-state index in [2.05, 4.69) is 21.3 Å². The van der Waals surface area contributed by atoms with Crippen molar-refractivity contribution in [2.75, 3.05) is 19.6 Å². The number of carboxylic acid groups (broad SMARTS) is 1. The van der Waals surface area contributed by atoms with Gasteiger partial charge < -0.3 is 26.4 Å². The first-order valence-electron chi connectivity index (χ1n) is 8.79. The molecular formula is C18H24N4O5. The highest BCUT2D eigenvalue weighted by Crippen LogP contribution is 2.05. The van der Waals surface area contributed by atoms with Gasteiger partial charge in [-0.05, 0) is 24.9 Å². The van der Waals surface area contributed by atoms with Crippen LogP contribution in [0.1, 0.15) is 18.4 Å². The van der Waals surface area contributed by atoms with Crippen LogP contribution in [0.15, 0.2) is 30.3 Å². The molecule has 9 nitrogen and oxygen atoms in total. The van der Waals surface area contributed by atoms with E-state index in [1.807, 2.05) is 6.07 Å². The molecule has 1 aromatic carbocycles. The van der Waals surface area contributed by atoms with Crippen molar-refractivity contribution in [3.63, 3.8) is 0 Å². The number of rotatable bonds is 9. The van der Waals surface area contributed by atoms with E-state index in [9.17, 15) is 19.2 Å². The fourth-order valence-electron chi connectivity index (χ4n) is 2.79. The summed E-state index contributed by atoms with van der Waals surface area (Å²) in [5.41, 5.74) is 0.812. The van der Waals surface area contributed by atoms with Crippen LogP contribution in [0.4, 0.5) is 0 Å². The molecule has 1 aliphatic heterocycles. The lowest BCUT2D eigenvalue weighted by molar-refractivity contribution is -0.138. The van der Waals surface area contributed by atoms with Gasteiger partial charge in [0.15, 0.2) is 0 Å². The molecule has 2 atom stereocenters. The van der Waals surface area contributed by atoms with Gasteiger partial charge in [0, 0.05) is 6.42 Å². The number of hydrogen-bond acceptors (Lipinski definition) is 5. The van der Waals surface area contributed by atoms with Crippen molar-refractivity contribution in [2.24, 2.45) is 0 Å². The lowest BCUT2D eigenvalue weighted by atomic mass is 10.1. The van der Waals surface area contributed by atoms with Crippen LogP contribution < -0.4 is 21.3 Å². The summed E-state index contributed by atoms with van der Waals surface area (Å²) in [6, 6.07) is 7.80. The Morgan fingerprint density at radius 1 is 1.11 bits per heavy atom. The van der Waals surface area contributed by atoms with Gasteiger partial charge >= 0.3 is 5.97 Å². The number of carbonyl (C=O) groups excluding carboxylic acids is 3. The summed E-state index contributed by atoms with van der Waals surface area (Å²) in [6.45, 7) is -0.0220. The van der Waals surface area contributed by atoms with Crippen molar-refractivity contribution in [3.05, 3.63) is 35.9 Å². The average Bonchev–Trinajstić information content (AvgIpc) is 3.19. The molecule has 2 unspecified atom stereocenters. The quantitative estimate of drug-likeness (QED) is 0.367. The second-order valence-corrected chi connectivity index (χ2v) is 6.29. The first kappa shape index (κ1) is 20.4. The Bertz CT molecular complexity index is 674. The smallest absolute Gasteiger partial charge is 0.322 e. The van der Waals surface area contributed by atoms with Crippen molar-refractivity contribution >= 4 is 23.7 Å². The number of aliphatic carboxylic acids is 1. The summed E-state index contributed by atoms with van der Waals surface area (Å²) in [4.78, 5) is 47.0. The van der Waals surface area contributed by atoms with Gasteiger partial charge in [0.2, 0.25) is 17.7 Å². The van der Waals surface area contributed by atoms with E-state index in [1.54, 1.807) is 24.3 Å². The second-order valence-electron chi connectivity index (χ2n) is 6.29. The van der Waals surface area contributed by atoms with Crippen LogP contribution in [0, 0.1) is 0 Å². The maximum atomic E-state index is 12.2. The van der Waals surface area contributed by atoms with Crippen LogP contribution in [-0.2, 0) is 25.6 Å². The Balaban J connectivity index is 1.90. The van der Waals surface area contributed by atoms with Crippen molar-refractivity contribution in [2.45, 2.75) is 31.3 Å². The molecule has 0 saturated carbocycles. The van der Waals surface area contributed by atoms with E-state index in [1.165, 1.54) is 0 Å². The molecule has 1 aromatic rings. The number of carbonyl (C=O) groups is 4. The predicted molar refractivity (Wildman–Crippen MR) is 96.8 cm³/mol. The molecule has 2 rings (SSSR count). The van der Waals surface area contributed by atoms with E-state index >= 15 is 0 Å². The average molecular weight is 376 g/mol. The van der Waals surface area contributed by atoms with Crippen LogP contribution in [0.5, 0.6) is 0 Å². The number of benzene rings is 1. The van der Waals surface area contributed by atoms with Crippen LogP contribution in [0.3, 0.4) is 0 Å². The second kappa shape index (κ2) is 10.3. The zero-order chi connectivity index (χ0) is 19.6. The Labute approximate surface area is 156 Å². The summed E-state index contributed by atoms with van der Waals surface area (Å²) in [5, 5.41) is 19.1. The number of amides is 3. The summed E-state index contributed by atoms with van der Waals surface area (Å²) < 4.78 is 0. The van der Waals surface area contributed by atoms with Gasteiger partial charge in [-0.25, -0.2) is 0 Å². The fraction of sp³-hybridized carbons (Fsp3) is 0.444. The minimum absolute atomic E-state index is 0.205. The highest BCUT2D eigenvalue weighted by atomic mass is 16.4. The normalized spacial score (nSPS) is 17.0. The first-order chi connectivity index (χ1) is 13.0. The zero-order valence-electron chi connectivity index (χ0n) is 14.9. The van der Waals surface area contributed by atoms with Gasteiger partial charge in [0.1, 0.15) is 12.6 Å². The zero-order valence-corrected chi connectivity index (χ0v) is 14.9. The third kappa shape index (κ3) is 7.06. The Morgan fingerprint density at radius 3 is 2.48 bits per heavy atom. The third-order valence-corrected chi connectivity index (χ3v) is 4.15. The molecule has 27 heavy (non-hydrogen) atoms. The minimum Gasteiger partial charge on any atom is -0.480 e. The Kier molecular flexibility index (Phi) is 7.75. The predicted octanol–water partition coefficient (Wildman–Crippen LogP) is -1.22. The molecule has 1 saturated heterocycles. The molecule has 0 bridgehead atoms. The van der Waals surface area contributed by atoms with Crippen LogP contribution in [0.25, 0.3) is 0 Å². The molecule has 1 aliphatic rings. The molecule has 3 amide bonds. The van der Waals surface area contributed by atoms with Crippen molar-refractivity contribution in [3.8, 4) is 0 Å². The van der Waals surface area contributed by atoms with Gasteiger partial charge in [-0.2, -0.15) is 0 Å². The largest absolute Gasteiger partial charge is 0.480 e. The van der Waals surface area contributed by atoms with Crippen LogP contribution in [-0.4, -0.2) is 60.5 Å². The van der Waals surface area contributed by atoms with Gasteiger partial charge in [-0.15, -0.1) is 0 Å². The summed E-state index contributed by atoms with van der Waals surface area (Å²) in [7, 11) is 0. The van der Waals surface area contributed by atoms with Crippen molar-refractivity contribution in [1.29, 1.82) is 0 Å². The molecule has 5 N–H and O–H groups in total. The topological polar surface area (TPSA) is 137 Å². The monoisotopic (exact) mass is 376 g/mol. The van der Waals surface area contributed by atoms with E-state index in [0.29, 0.717) is 0 Å². The molecule has 0 radical (unpaired) electrons. The number of hydrogen-bond donors (Lipinski definition) is 5. The minimum atomic E-state index is -1.18. The number of nitrogens with one attached hydrogen (secondary N) is 4. The molecule has 0 aromatic heterocycles. The van der Waals surface area contributed by atoms with E-state index < -0.39 is 30.4 Å². The van der Waals surface area contributed by atoms with Crippen LogP contribution >= 0.6 is 0 Å². The molecule has 9 heteroatoms. The molecule has 146 valence electrons. The van der Waals surface area contributed by atoms with Gasteiger partial charge in [-0.3, -0.25) is 19.2 Å². The van der Waals surface area contributed by atoms with Gasteiger partial charge in [-0.1, -0.05) is 30.3 Å². The van der Waals surface area contributed by atoms with E-state index in [4.69, 9.17) is 5.11 Å². The molecule has 1 heterocycles. The SMILES string of the molecule is O=C(O)CNC(=O)C(Cc1ccccc1)NC(=O)CNC(=O)C1CCCN1. The third-order valence-electron chi connectivity index (χ3n) is 4.15. The summed E-state index contributed by atoms with van der Waals surface area (Å²) >= 11 is 0. The molecular weight excluding hydrogens is 352 g/mol. The lowest BCUT2D eigenvalue weighted by Crippen LogP contribution is -2.52. The molecule has 0 spiro atoms. The standard InChI is InChI=1S/C18H24N4O5/c23-15(10-20-17(26)13-7-4-8-19-13)22-14(18(27)21-11-16(24)25)9-12-5-2-1-3-6-12/h1-3,5-6,13-14,19H,4,7-11H2,(H,20,26)(H,21,27)(H,22,23)(H,24,25). The van der Waals surface area contributed by atoms with Gasteiger partial charge in [0.05, 0.1) is 12.6 Å². The van der Waals surface area contributed by atoms with E-state index in [-0.39, 0.29) is 24.9 Å². The van der Waals surface area contributed by atoms with Crippen LogP contribution in [0.2, 0.25) is 0 Å². The molecule has 1 fully saturated rings. The highest BCUT2D eigenvalue weighted by Gasteiger charge is 2.24. The first-order valence-corrected chi connectivity index (χ1v) is 8.79. The summed E-state index contributed by atoms with van der Waals surface area (Å²) in [6.07, 6.45) is 1.84. The van der Waals surface area contributed by atoms with Gasteiger partial charge in [0.25, 0.3) is 0 Å². The highest BCUT2D eigenvalue weighted by molar-refractivity contribution is 5.92. The Hall–Kier alpha value is -2.94. The Morgan fingerprint density at radius 2 is 1.85 bits per heavy atom. The van der Waals surface area contributed by atoms with Crippen molar-refractivity contribution < 1.29 is 24.3 Å². The summed E-state index contributed by atoms with van der Waals surface area (Å²) in [5.74, 6) is -2.55. The lowest BCUT2D eigenvalue weighted by Gasteiger charge is -2.19. The number of carboxylic acids is 1. The fourth-order valence-corrected chi connectivity index (χ4v) is 2.79. The van der Waals surface area contributed by atoms with Crippen molar-refractivity contribution in [1.82, 2.24) is 21.3 Å².